The van der Waals surface area contributed by atoms with E-state index in [4.69, 9.17) is 10.4 Å². The minimum atomic E-state index is -0.654. The molecule has 0 aromatic heterocycles. The Hall–Kier alpha value is -1.08. The third-order valence-corrected chi connectivity index (χ3v) is 4.97. The number of piperidine rings is 1. The van der Waals surface area contributed by atoms with Crippen molar-refractivity contribution in [3.63, 3.8) is 0 Å². The molecule has 2 unspecified atom stereocenters. The standard InChI is InChI=1S/C16H26N2O2/c1-16(2,11-17)6-3-7-18-13-4-5-14(18)9-12(8-13)10-15(19)20/h12-14H,3-10H2,1-2H3,(H,19,20). The largest absolute Gasteiger partial charge is 0.481 e. The van der Waals surface area contributed by atoms with E-state index in [1.54, 1.807) is 0 Å². The van der Waals surface area contributed by atoms with Gasteiger partial charge in [-0.2, -0.15) is 5.26 Å². The van der Waals surface area contributed by atoms with Gasteiger partial charge in [0.05, 0.1) is 11.5 Å². The predicted molar refractivity (Wildman–Crippen MR) is 77.1 cm³/mol. The normalized spacial score (nSPS) is 30.1. The van der Waals surface area contributed by atoms with Crippen LogP contribution in [0.25, 0.3) is 0 Å². The Bertz CT molecular complexity index is 386. The molecular weight excluding hydrogens is 252 g/mol. The van der Waals surface area contributed by atoms with Gasteiger partial charge < -0.3 is 5.11 Å². The molecule has 0 radical (unpaired) electrons. The maximum Gasteiger partial charge on any atom is 0.303 e. The zero-order valence-electron chi connectivity index (χ0n) is 12.6. The molecule has 2 bridgehead atoms. The summed E-state index contributed by atoms with van der Waals surface area (Å²) in [4.78, 5) is 13.4. The van der Waals surface area contributed by atoms with E-state index in [2.05, 4.69) is 11.0 Å². The number of hydrogen-bond acceptors (Lipinski definition) is 3. The maximum absolute atomic E-state index is 10.9. The number of rotatable bonds is 6. The van der Waals surface area contributed by atoms with Crippen molar-refractivity contribution in [1.82, 2.24) is 4.90 Å². The number of carboxylic acid groups (broad SMARTS) is 1. The van der Waals surface area contributed by atoms with Crippen LogP contribution in [0, 0.1) is 22.7 Å². The Balaban J connectivity index is 1.81. The molecule has 20 heavy (non-hydrogen) atoms. The molecule has 2 fully saturated rings. The summed E-state index contributed by atoms with van der Waals surface area (Å²) < 4.78 is 0. The molecule has 0 aliphatic carbocycles. The summed E-state index contributed by atoms with van der Waals surface area (Å²) in [5.41, 5.74) is -0.222. The van der Waals surface area contributed by atoms with Crippen LogP contribution < -0.4 is 0 Å². The smallest absolute Gasteiger partial charge is 0.303 e. The molecule has 0 amide bonds. The first kappa shape index (κ1) is 15.3. The summed E-state index contributed by atoms with van der Waals surface area (Å²) in [6.45, 7) is 5.07. The van der Waals surface area contributed by atoms with Gasteiger partial charge in [-0.15, -0.1) is 0 Å². The number of aliphatic carboxylic acids is 1. The molecule has 4 nitrogen and oxygen atoms in total. The first-order valence-corrected chi connectivity index (χ1v) is 7.80. The first-order valence-electron chi connectivity index (χ1n) is 7.80. The average Bonchev–Trinajstić information content (AvgIpc) is 2.60. The molecule has 0 saturated carbocycles. The van der Waals surface area contributed by atoms with Crippen LogP contribution in [0.2, 0.25) is 0 Å². The average molecular weight is 278 g/mol. The summed E-state index contributed by atoms with van der Waals surface area (Å²) >= 11 is 0. The van der Waals surface area contributed by atoms with E-state index < -0.39 is 5.97 Å². The highest BCUT2D eigenvalue weighted by molar-refractivity contribution is 5.67. The fourth-order valence-electron chi connectivity index (χ4n) is 3.93. The zero-order chi connectivity index (χ0) is 14.8. The van der Waals surface area contributed by atoms with Crippen molar-refractivity contribution in [3.8, 4) is 6.07 Å². The van der Waals surface area contributed by atoms with Gasteiger partial charge in [-0.3, -0.25) is 9.69 Å². The quantitative estimate of drug-likeness (QED) is 0.811. The molecule has 112 valence electrons. The molecule has 2 saturated heterocycles. The van der Waals surface area contributed by atoms with Crippen molar-refractivity contribution >= 4 is 5.97 Å². The van der Waals surface area contributed by atoms with Crippen molar-refractivity contribution < 1.29 is 9.90 Å². The molecule has 0 aromatic carbocycles. The third-order valence-electron chi connectivity index (χ3n) is 4.97. The summed E-state index contributed by atoms with van der Waals surface area (Å²) in [6, 6.07) is 3.53. The second-order valence-corrected chi connectivity index (χ2v) is 7.16. The van der Waals surface area contributed by atoms with Gasteiger partial charge in [0.25, 0.3) is 0 Å². The molecule has 4 heteroatoms. The lowest BCUT2D eigenvalue weighted by atomic mass is 9.87. The van der Waals surface area contributed by atoms with Crippen molar-refractivity contribution in [2.75, 3.05) is 6.54 Å². The van der Waals surface area contributed by atoms with Crippen molar-refractivity contribution in [1.29, 1.82) is 5.26 Å². The first-order chi connectivity index (χ1) is 9.41. The topological polar surface area (TPSA) is 64.3 Å². The summed E-state index contributed by atoms with van der Waals surface area (Å²) in [5, 5.41) is 18.0. The minimum Gasteiger partial charge on any atom is -0.481 e. The highest BCUT2D eigenvalue weighted by atomic mass is 16.4. The Labute approximate surface area is 121 Å². The van der Waals surface area contributed by atoms with Gasteiger partial charge in [0.2, 0.25) is 0 Å². The molecule has 1 N–H and O–H groups in total. The van der Waals surface area contributed by atoms with E-state index in [1.807, 2.05) is 13.8 Å². The minimum absolute atomic E-state index is 0.222. The van der Waals surface area contributed by atoms with Crippen molar-refractivity contribution in [3.05, 3.63) is 0 Å². The van der Waals surface area contributed by atoms with Crippen LogP contribution >= 0.6 is 0 Å². The maximum atomic E-state index is 10.9. The fraction of sp³-hybridized carbons (Fsp3) is 0.875. The number of nitriles is 1. The summed E-state index contributed by atoms with van der Waals surface area (Å²) in [6.07, 6.45) is 6.89. The van der Waals surface area contributed by atoms with Gasteiger partial charge in [-0.25, -0.2) is 0 Å². The fourth-order valence-corrected chi connectivity index (χ4v) is 3.93. The number of nitrogens with zero attached hydrogens (tertiary/aromatic N) is 2. The monoisotopic (exact) mass is 278 g/mol. The second kappa shape index (κ2) is 6.13. The van der Waals surface area contributed by atoms with E-state index >= 15 is 0 Å². The Morgan fingerprint density at radius 1 is 1.35 bits per heavy atom. The SMILES string of the molecule is CC(C)(C#N)CCCN1C2CCC1CC(CC(=O)O)C2. The molecule has 2 atom stereocenters. The van der Waals surface area contributed by atoms with E-state index in [0.29, 0.717) is 24.4 Å². The van der Waals surface area contributed by atoms with E-state index in [-0.39, 0.29) is 5.41 Å². The lowest BCUT2D eigenvalue weighted by molar-refractivity contribution is -0.138. The van der Waals surface area contributed by atoms with E-state index in [0.717, 1.165) is 32.2 Å². The van der Waals surface area contributed by atoms with Gasteiger partial charge in [0.1, 0.15) is 0 Å². The Kier molecular flexibility index (Phi) is 4.70. The van der Waals surface area contributed by atoms with E-state index in [1.165, 1.54) is 12.8 Å². The van der Waals surface area contributed by atoms with Gasteiger partial charge in [0, 0.05) is 18.5 Å². The number of fused-ring (bicyclic) bond motifs is 2. The molecule has 2 heterocycles. The van der Waals surface area contributed by atoms with Gasteiger partial charge in [-0.05, 0) is 64.8 Å². The highest BCUT2D eigenvalue weighted by Crippen LogP contribution is 2.40. The third kappa shape index (κ3) is 3.73. The predicted octanol–water partition coefficient (Wildman–Crippen LogP) is 3.03. The summed E-state index contributed by atoms with van der Waals surface area (Å²) in [7, 11) is 0. The van der Waals surface area contributed by atoms with Crippen LogP contribution in [0.1, 0.15) is 58.8 Å². The van der Waals surface area contributed by atoms with Crippen LogP contribution in [-0.4, -0.2) is 34.6 Å². The van der Waals surface area contributed by atoms with Gasteiger partial charge in [-0.1, -0.05) is 0 Å². The lowest BCUT2D eigenvalue weighted by Gasteiger charge is -2.39. The molecule has 0 spiro atoms. The van der Waals surface area contributed by atoms with Crippen LogP contribution in [0.15, 0.2) is 0 Å². The zero-order valence-corrected chi connectivity index (χ0v) is 12.6. The van der Waals surface area contributed by atoms with Crippen LogP contribution in [-0.2, 0) is 4.79 Å². The second-order valence-electron chi connectivity index (χ2n) is 7.16. The van der Waals surface area contributed by atoms with Crippen LogP contribution in [0.4, 0.5) is 0 Å². The van der Waals surface area contributed by atoms with Crippen LogP contribution in [0.3, 0.4) is 0 Å². The number of hydrogen-bond donors (Lipinski definition) is 1. The number of carboxylic acids is 1. The Morgan fingerprint density at radius 3 is 2.45 bits per heavy atom. The Morgan fingerprint density at radius 2 is 1.95 bits per heavy atom. The molecule has 2 rings (SSSR count). The molecule has 0 aromatic rings. The van der Waals surface area contributed by atoms with Crippen LogP contribution in [0.5, 0.6) is 0 Å². The summed E-state index contributed by atoms with van der Waals surface area (Å²) in [5.74, 6) is -0.282. The van der Waals surface area contributed by atoms with E-state index in [9.17, 15) is 4.79 Å². The van der Waals surface area contributed by atoms with Crippen molar-refractivity contribution in [2.45, 2.75) is 70.9 Å². The highest BCUT2D eigenvalue weighted by Gasteiger charge is 2.40. The van der Waals surface area contributed by atoms with Gasteiger partial charge in [0.15, 0.2) is 0 Å². The van der Waals surface area contributed by atoms with Gasteiger partial charge >= 0.3 is 5.97 Å². The number of carbonyl (C=O) groups is 1. The van der Waals surface area contributed by atoms with Crippen molar-refractivity contribution in [2.24, 2.45) is 11.3 Å². The molecule has 2 aliphatic heterocycles. The molecule has 2 aliphatic rings. The molecular formula is C16H26N2O2. The lowest BCUT2D eigenvalue weighted by Crippen LogP contribution is -2.43.